The first-order chi connectivity index (χ1) is 24.3. The Kier molecular flexibility index (Phi) is 6.15. The van der Waals surface area contributed by atoms with Crippen molar-refractivity contribution in [3.63, 3.8) is 0 Å². The Morgan fingerprint density at radius 1 is 0.408 bits per heavy atom. The standard InChI is InChI=1S/C45H27N3O/c1-2-10-28(11-3-1)38-23-21-29-19-20-30-22-24-39(48-44(30)43(29)47-38)32-13-8-12-31(26-32)33-16-9-18-41-42(33)37-27-36(40-17-6-7-25-46-40)34-14-4-5-15-35(34)45(37)49-41/h1-27H. The van der Waals surface area contributed by atoms with Crippen molar-refractivity contribution < 1.29 is 4.42 Å². The van der Waals surface area contributed by atoms with Gasteiger partial charge in [-0.1, -0.05) is 115 Å². The molecule has 4 aromatic heterocycles. The average Bonchev–Trinajstić information content (AvgIpc) is 3.57. The molecule has 0 amide bonds. The first-order valence-electron chi connectivity index (χ1n) is 16.4. The molecule has 4 heterocycles. The monoisotopic (exact) mass is 625 g/mol. The molecule has 0 fully saturated rings. The van der Waals surface area contributed by atoms with Gasteiger partial charge in [0.15, 0.2) is 0 Å². The average molecular weight is 626 g/mol. The highest BCUT2D eigenvalue weighted by Gasteiger charge is 2.18. The molecule has 0 atom stereocenters. The topological polar surface area (TPSA) is 51.8 Å². The largest absolute Gasteiger partial charge is 0.455 e. The number of aromatic nitrogens is 3. The van der Waals surface area contributed by atoms with Crippen molar-refractivity contribution in [3.8, 4) is 44.9 Å². The van der Waals surface area contributed by atoms with Crippen molar-refractivity contribution in [2.45, 2.75) is 0 Å². The highest BCUT2D eigenvalue weighted by atomic mass is 16.3. The molecule has 0 unspecified atom stereocenters. The summed E-state index contributed by atoms with van der Waals surface area (Å²) in [5.41, 5.74) is 11.8. The van der Waals surface area contributed by atoms with Crippen LogP contribution in [0.15, 0.2) is 168 Å². The van der Waals surface area contributed by atoms with Crippen LogP contribution >= 0.6 is 0 Å². The molecule has 0 saturated carbocycles. The summed E-state index contributed by atoms with van der Waals surface area (Å²) in [6, 6.07) is 54.7. The van der Waals surface area contributed by atoms with E-state index in [0.717, 1.165) is 99.4 Å². The number of fused-ring (bicyclic) bond motifs is 8. The van der Waals surface area contributed by atoms with Crippen molar-refractivity contribution in [2.75, 3.05) is 0 Å². The third-order valence-corrected chi connectivity index (χ3v) is 9.50. The Bertz CT molecular complexity index is 2880. The predicted octanol–water partition coefficient (Wildman–Crippen LogP) is 11.9. The second-order valence-electron chi connectivity index (χ2n) is 12.4. The normalized spacial score (nSPS) is 11.7. The summed E-state index contributed by atoms with van der Waals surface area (Å²) in [6.45, 7) is 0. The van der Waals surface area contributed by atoms with Crippen LogP contribution in [0.5, 0.6) is 0 Å². The van der Waals surface area contributed by atoms with Gasteiger partial charge in [0.1, 0.15) is 11.2 Å². The van der Waals surface area contributed by atoms with E-state index in [2.05, 4.69) is 127 Å². The van der Waals surface area contributed by atoms with Gasteiger partial charge in [-0.2, -0.15) is 0 Å². The zero-order valence-corrected chi connectivity index (χ0v) is 26.3. The van der Waals surface area contributed by atoms with Crippen LogP contribution in [0.1, 0.15) is 0 Å². The second kappa shape index (κ2) is 11.0. The summed E-state index contributed by atoms with van der Waals surface area (Å²) in [6.07, 6.45) is 1.85. The minimum absolute atomic E-state index is 0.858. The van der Waals surface area contributed by atoms with Crippen molar-refractivity contribution >= 4 is 54.5 Å². The third kappa shape index (κ3) is 4.49. The van der Waals surface area contributed by atoms with Gasteiger partial charge in [-0.15, -0.1) is 0 Å². The smallest absolute Gasteiger partial charge is 0.143 e. The minimum Gasteiger partial charge on any atom is -0.455 e. The highest BCUT2D eigenvalue weighted by molar-refractivity contribution is 6.22. The molecule has 0 bridgehead atoms. The summed E-state index contributed by atoms with van der Waals surface area (Å²) in [4.78, 5) is 15.1. The number of pyridine rings is 3. The van der Waals surface area contributed by atoms with Gasteiger partial charge >= 0.3 is 0 Å². The van der Waals surface area contributed by atoms with E-state index in [1.165, 1.54) is 0 Å². The fourth-order valence-electron chi connectivity index (χ4n) is 7.17. The molecule has 228 valence electrons. The second-order valence-corrected chi connectivity index (χ2v) is 12.4. The first-order valence-corrected chi connectivity index (χ1v) is 16.4. The number of hydrogen-bond donors (Lipinski definition) is 0. The molecular weight excluding hydrogens is 599 g/mol. The summed E-state index contributed by atoms with van der Waals surface area (Å²) >= 11 is 0. The Labute approximate surface area is 282 Å². The molecule has 6 aromatic carbocycles. The molecule has 10 rings (SSSR count). The molecule has 0 aliphatic carbocycles. The third-order valence-electron chi connectivity index (χ3n) is 9.50. The fourth-order valence-corrected chi connectivity index (χ4v) is 7.17. The molecule has 4 nitrogen and oxygen atoms in total. The van der Waals surface area contributed by atoms with Gasteiger partial charge in [0.2, 0.25) is 0 Å². The Hall–Kier alpha value is -6.65. The SMILES string of the molecule is c1ccc(-c2ccc3ccc4ccc(-c5cccc(-c6cccc7oc8c9ccccc9c(-c9ccccn9)cc8c67)c5)nc4c3n2)cc1. The van der Waals surface area contributed by atoms with Crippen molar-refractivity contribution in [1.82, 2.24) is 15.0 Å². The van der Waals surface area contributed by atoms with E-state index in [1.807, 2.05) is 36.5 Å². The molecule has 0 radical (unpaired) electrons. The van der Waals surface area contributed by atoms with Crippen LogP contribution in [0.3, 0.4) is 0 Å². The fraction of sp³-hybridized carbons (Fsp3) is 0. The van der Waals surface area contributed by atoms with E-state index in [0.29, 0.717) is 0 Å². The van der Waals surface area contributed by atoms with Gasteiger partial charge < -0.3 is 4.42 Å². The van der Waals surface area contributed by atoms with Crippen LogP contribution in [-0.2, 0) is 0 Å². The van der Waals surface area contributed by atoms with Crippen molar-refractivity contribution in [2.24, 2.45) is 0 Å². The Morgan fingerprint density at radius 2 is 1.06 bits per heavy atom. The van der Waals surface area contributed by atoms with Crippen LogP contribution in [0.2, 0.25) is 0 Å². The van der Waals surface area contributed by atoms with E-state index < -0.39 is 0 Å². The molecule has 0 spiro atoms. The van der Waals surface area contributed by atoms with Crippen LogP contribution in [0, 0.1) is 0 Å². The summed E-state index contributed by atoms with van der Waals surface area (Å²) in [7, 11) is 0. The maximum absolute atomic E-state index is 6.62. The summed E-state index contributed by atoms with van der Waals surface area (Å²) in [5, 5.41) is 6.50. The van der Waals surface area contributed by atoms with Gasteiger partial charge in [0.25, 0.3) is 0 Å². The number of nitrogens with zero attached hydrogens (tertiary/aromatic N) is 3. The zero-order valence-electron chi connectivity index (χ0n) is 26.3. The summed E-state index contributed by atoms with van der Waals surface area (Å²) < 4.78 is 6.62. The lowest BCUT2D eigenvalue weighted by Crippen LogP contribution is -1.91. The quantitative estimate of drug-likeness (QED) is 0.183. The molecular formula is C45H27N3O. The Balaban J connectivity index is 1.15. The lowest BCUT2D eigenvalue weighted by molar-refractivity contribution is 0.673. The molecule has 0 N–H and O–H groups in total. The van der Waals surface area contributed by atoms with E-state index >= 15 is 0 Å². The van der Waals surface area contributed by atoms with Gasteiger partial charge in [0.05, 0.1) is 28.1 Å². The molecule has 0 aliphatic heterocycles. The Morgan fingerprint density at radius 3 is 1.84 bits per heavy atom. The number of rotatable bonds is 4. The van der Waals surface area contributed by atoms with Crippen LogP contribution in [-0.4, -0.2) is 15.0 Å². The van der Waals surface area contributed by atoms with E-state index in [4.69, 9.17) is 19.4 Å². The highest BCUT2D eigenvalue weighted by Crippen LogP contribution is 2.43. The lowest BCUT2D eigenvalue weighted by Gasteiger charge is -2.10. The van der Waals surface area contributed by atoms with Crippen LogP contribution in [0.4, 0.5) is 0 Å². The predicted molar refractivity (Wildman–Crippen MR) is 201 cm³/mol. The number of furan rings is 1. The number of benzene rings is 6. The maximum atomic E-state index is 6.62. The molecule has 10 aromatic rings. The van der Waals surface area contributed by atoms with Crippen LogP contribution < -0.4 is 0 Å². The van der Waals surface area contributed by atoms with E-state index in [1.54, 1.807) is 0 Å². The zero-order chi connectivity index (χ0) is 32.3. The van der Waals surface area contributed by atoms with Gasteiger partial charge in [0, 0.05) is 49.8 Å². The van der Waals surface area contributed by atoms with Gasteiger partial charge in [-0.25, -0.2) is 9.97 Å². The molecule has 0 saturated heterocycles. The van der Waals surface area contributed by atoms with Crippen molar-refractivity contribution in [1.29, 1.82) is 0 Å². The van der Waals surface area contributed by atoms with E-state index in [-0.39, 0.29) is 0 Å². The maximum Gasteiger partial charge on any atom is 0.143 e. The number of hydrogen-bond acceptors (Lipinski definition) is 4. The van der Waals surface area contributed by atoms with Crippen molar-refractivity contribution in [3.05, 3.63) is 164 Å². The van der Waals surface area contributed by atoms with E-state index in [9.17, 15) is 0 Å². The lowest BCUT2D eigenvalue weighted by atomic mass is 9.94. The van der Waals surface area contributed by atoms with Crippen LogP contribution in [0.25, 0.3) is 99.4 Å². The molecule has 49 heavy (non-hydrogen) atoms. The minimum atomic E-state index is 0.858. The first kappa shape index (κ1) is 27.5. The molecule has 4 heteroatoms. The summed E-state index contributed by atoms with van der Waals surface area (Å²) in [5.74, 6) is 0. The van der Waals surface area contributed by atoms with Gasteiger partial charge in [-0.05, 0) is 59.0 Å². The van der Waals surface area contributed by atoms with Gasteiger partial charge in [-0.3, -0.25) is 4.98 Å². The molecule has 0 aliphatic rings.